The van der Waals surface area contributed by atoms with Crippen molar-refractivity contribution in [3.05, 3.63) is 35.6 Å². The molecule has 2 rings (SSSR count). The van der Waals surface area contributed by atoms with Gasteiger partial charge in [0.05, 0.1) is 6.61 Å². The lowest BCUT2D eigenvalue weighted by atomic mass is 10.0. The molecule has 3 heteroatoms. The molecule has 1 aromatic rings. The fourth-order valence-corrected chi connectivity index (χ4v) is 2.31. The van der Waals surface area contributed by atoms with Crippen LogP contribution in [0.5, 0.6) is 0 Å². The number of hydrogen-bond acceptors (Lipinski definition) is 2. The zero-order valence-electron chi connectivity index (χ0n) is 8.69. The molecule has 1 aromatic carbocycles. The molecule has 1 saturated heterocycles. The molecule has 1 N–H and O–H groups in total. The Hall–Kier alpha value is -0.930. The molecule has 1 atom stereocenters. The maximum atomic E-state index is 13.1. The Labute approximate surface area is 89.3 Å². The van der Waals surface area contributed by atoms with Gasteiger partial charge in [-0.25, -0.2) is 4.39 Å². The summed E-state index contributed by atoms with van der Waals surface area (Å²) < 4.78 is 13.1. The highest BCUT2D eigenvalue weighted by Gasteiger charge is 2.25. The minimum atomic E-state index is -0.177. The number of β-amino-alcohol motifs (C(OH)–C–C–N with tert-alkyl or cyclic N) is 1. The highest BCUT2D eigenvalue weighted by molar-refractivity contribution is 5.21. The lowest BCUT2D eigenvalue weighted by Crippen LogP contribution is -2.26. The van der Waals surface area contributed by atoms with Gasteiger partial charge in [0.1, 0.15) is 5.82 Å². The molecule has 0 radical (unpaired) electrons. The molecule has 0 bridgehead atoms. The molecule has 0 aliphatic carbocycles. The van der Waals surface area contributed by atoms with Gasteiger partial charge in [0.15, 0.2) is 0 Å². The van der Waals surface area contributed by atoms with E-state index in [-0.39, 0.29) is 18.5 Å². The normalized spacial score (nSPS) is 22.1. The first-order chi connectivity index (χ1) is 7.31. The van der Waals surface area contributed by atoms with Crippen LogP contribution >= 0.6 is 0 Å². The quantitative estimate of drug-likeness (QED) is 0.822. The van der Waals surface area contributed by atoms with E-state index in [1.807, 2.05) is 6.07 Å². The molecular weight excluding hydrogens is 193 g/mol. The molecular formula is C12H16FNO. The lowest BCUT2D eigenvalue weighted by Gasteiger charge is -2.23. The summed E-state index contributed by atoms with van der Waals surface area (Å²) in [5, 5.41) is 8.93. The second-order valence-electron chi connectivity index (χ2n) is 3.97. The van der Waals surface area contributed by atoms with Crippen molar-refractivity contribution < 1.29 is 9.50 Å². The van der Waals surface area contributed by atoms with Crippen molar-refractivity contribution in [2.75, 3.05) is 19.7 Å². The van der Waals surface area contributed by atoms with E-state index in [1.165, 1.54) is 6.07 Å². The summed E-state index contributed by atoms with van der Waals surface area (Å²) in [7, 11) is 0. The Morgan fingerprint density at radius 2 is 2.33 bits per heavy atom. The summed E-state index contributed by atoms with van der Waals surface area (Å²) in [6, 6.07) is 7.06. The zero-order chi connectivity index (χ0) is 10.7. The standard InChI is InChI=1S/C12H16FNO/c13-11-4-1-3-10(9-11)12-5-2-6-14(12)7-8-15/h1,3-4,9,12,15H,2,5-8H2. The van der Waals surface area contributed by atoms with Crippen molar-refractivity contribution in [2.24, 2.45) is 0 Å². The first kappa shape index (κ1) is 10.6. The van der Waals surface area contributed by atoms with E-state index in [2.05, 4.69) is 4.90 Å². The van der Waals surface area contributed by atoms with Gasteiger partial charge < -0.3 is 5.11 Å². The summed E-state index contributed by atoms with van der Waals surface area (Å²) in [5.74, 6) is -0.177. The molecule has 1 heterocycles. The van der Waals surface area contributed by atoms with Crippen molar-refractivity contribution in [1.29, 1.82) is 0 Å². The number of aliphatic hydroxyl groups is 1. The molecule has 0 spiro atoms. The fraction of sp³-hybridized carbons (Fsp3) is 0.500. The van der Waals surface area contributed by atoms with Gasteiger partial charge in [-0.2, -0.15) is 0 Å². The van der Waals surface area contributed by atoms with Gasteiger partial charge in [-0.3, -0.25) is 4.90 Å². The van der Waals surface area contributed by atoms with E-state index in [1.54, 1.807) is 12.1 Å². The Kier molecular flexibility index (Phi) is 3.34. The van der Waals surface area contributed by atoms with Crippen LogP contribution in [-0.4, -0.2) is 29.7 Å². The highest BCUT2D eigenvalue weighted by atomic mass is 19.1. The van der Waals surface area contributed by atoms with Crippen LogP contribution in [0.2, 0.25) is 0 Å². The number of halogens is 1. The van der Waals surface area contributed by atoms with E-state index in [0.29, 0.717) is 6.54 Å². The smallest absolute Gasteiger partial charge is 0.123 e. The van der Waals surface area contributed by atoms with Gasteiger partial charge in [0.2, 0.25) is 0 Å². The minimum Gasteiger partial charge on any atom is -0.395 e. The van der Waals surface area contributed by atoms with Crippen LogP contribution in [0.25, 0.3) is 0 Å². The number of rotatable bonds is 3. The predicted molar refractivity (Wildman–Crippen MR) is 57.0 cm³/mol. The van der Waals surface area contributed by atoms with Gasteiger partial charge in [0.25, 0.3) is 0 Å². The molecule has 0 aromatic heterocycles. The van der Waals surface area contributed by atoms with Crippen molar-refractivity contribution >= 4 is 0 Å². The number of nitrogens with zero attached hydrogens (tertiary/aromatic N) is 1. The van der Waals surface area contributed by atoms with E-state index in [9.17, 15) is 4.39 Å². The predicted octanol–water partition coefficient (Wildman–Crippen LogP) is 1.95. The van der Waals surface area contributed by atoms with Crippen LogP contribution in [0.4, 0.5) is 4.39 Å². The number of aliphatic hydroxyl groups excluding tert-OH is 1. The monoisotopic (exact) mass is 209 g/mol. The average Bonchev–Trinajstić information content (AvgIpc) is 2.66. The summed E-state index contributed by atoms with van der Waals surface area (Å²) in [6.07, 6.45) is 2.19. The van der Waals surface area contributed by atoms with Crippen LogP contribution in [0.3, 0.4) is 0 Å². The van der Waals surface area contributed by atoms with Crippen molar-refractivity contribution in [3.63, 3.8) is 0 Å². The maximum absolute atomic E-state index is 13.1. The van der Waals surface area contributed by atoms with Gasteiger partial charge in [-0.05, 0) is 37.1 Å². The average molecular weight is 209 g/mol. The zero-order valence-corrected chi connectivity index (χ0v) is 8.69. The summed E-state index contributed by atoms with van der Waals surface area (Å²) in [4.78, 5) is 2.22. The molecule has 1 aliphatic rings. The topological polar surface area (TPSA) is 23.5 Å². The number of hydrogen-bond donors (Lipinski definition) is 1. The molecule has 2 nitrogen and oxygen atoms in total. The highest BCUT2D eigenvalue weighted by Crippen LogP contribution is 2.31. The van der Waals surface area contributed by atoms with Gasteiger partial charge in [-0.1, -0.05) is 12.1 Å². The number of likely N-dealkylation sites (tertiary alicyclic amines) is 1. The third-order valence-corrected chi connectivity index (χ3v) is 2.98. The van der Waals surface area contributed by atoms with E-state index in [0.717, 1.165) is 24.9 Å². The van der Waals surface area contributed by atoms with Gasteiger partial charge in [-0.15, -0.1) is 0 Å². The van der Waals surface area contributed by atoms with E-state index in [4.69, 9.17) is 5.11 Å². The van der Waals surface area contributed by atoms with Crippen molar-refractivity contribution in [3.8, 4) is 0 Å². The van der Waals surface area contributed by atoms with Gasteiger partial charge in [0, 0.05) is 12.6 Å². The molecule has 82 valence electrons. The molecule has 1 fully saturated rings. The molecule has 0 amide bonds. The largest absolute Gasteiger partial charge is 0.395 e. The minimum absolute atomic E-state index is 0.172. The lowest BCUT2D eigenvalue weighted by molar-refractivity contribution is 0.185. The molecule has 1 unspecified atom stereocenters. The Morgan fingerprint density at radius 3 is 3.07 bits per heavy atom. The second kappa shape index (κ2) is 4.73. The molecule has 0 saturated carbocycles. The fourth-order valence-electron chi connectivity index (χ4n) is 2.31. The summed E-state index contributed by atoms with van der Waals surface area (Å²) in [6.45, 7) is 1.86. The van der Waals surface area contributed by atoms with Crippen LogP contribution < -0.4 is 0 Å². The van der Waals surface area contributed by atoms with Crippen LogP contribution in [0, 0.1) is 5.82 Å². The van der Waals surface area contributed by atoms with Crippen LogP contribution in [-0.2, 0) is 0 Å². The first-order valence-electron chi connectivity index (χ1n) is 5.41. The molecule has 1 aliphatic heterocycles. The third kappa shape index (κ3) is 2.36. The number of benzene rings is 1. The third-order valence-electron chi connectivity index (χ3n) is 2.98. The Bertz CT molecular complexity index is 329. The Balaban J connectivity index is 2.15. The first-order valence-corrected chi connectivity index (χ1v) is 5.41. The Morgan fingerprint density at radius 1 is 1.47 bits per heavy atom. The molecule has 15 heavy (non-hydrogen) atoms. The summed E-state index contributed by atoms with van der Waals surface area (Å²) >= 11 is 0. The van der Waals surface area contributed by atoms with Crippen LogP contribution in [0.1, 0.15) is 24.4 Å². The van der Waals surface area contributed by atoms with Crippen LogP contribution in [0.15, 0.2) is 24.3 Å². The van der Waals surface area contributed by atoms with E-state index < -0.39 is 0 Å². The SMILES string of the molecule is OCCN1CCCC1c1cccc(F)c1. The van der Waals surface area contributed by atoms with Gasteiger partial charge >= 0.3 is 0 Å². The summed E-state index contributed by atoms with van der Waals surface area (Å²) in [5.41, 5.74) is 1.03. The van der Waals surface area contributed by atoms with E-state index >= 15 is 0 Å². The second-order valence-corrected chi connectivity index (χ2v) is 3.97. The maximum Gasteiger partial charge on any atom is 0.123 e. The van der Waals surface area contributed by atoms with Crippen molar-refractivity contribution in [1.82, 2.24) is 4.90 Å². The van der Waals surface area contributed by atoms with Crippen molar-refractivity contribution in [2.45, 2.75) is 18.9 Å².